The molecule has 0 radical (unpaired) electrons. The van der Waals surface area contributed by atoms with Crippen LogP contribution in [-0.4, -0.2) is 12.7 Å². The summed E-state index contributed by atoms with van der Waals surface area (Å²) < 4.78 is 19.2. The highest BCUT2D eigenvalue weighted by Crippen LogP contribution is 2.37. The fourth-order valence-corrected chi connectivity index (χ4v) is 5.26. The van der Waals surface area contributed by atoms with Gasteiger partial charge in [-0.15, -0.1) is 0 Å². The van der Waals surface area contributed by atoms with Crippen molar-refractivity contribution in [3.63, 3.8) is 0 Å². The predicted octanol–water partition coefficient (Wildman–Crippen LogP) is 7.65. The number of halogens is 1. The van der Waals surface area contributed by atoms with Gasteiger partial charge in [-0.25, -0.2) is 0 Å². The third-order valence-corrected chi connectivity index (χ3v) is 7.20. The number of nitrogens with zero attached hydrogens (tertiary/aromatic N) is 1. The number of aryl methyl sites for hydroxylation is 1. The summed E-state index contributed by atoms with van der Waals surface area (Å²) in [5.41, 5.74) is 2.99. The van der Waals surface area contributed by atoms with Gasteiger partial charge in [0, 0.05) is 6.61 Å². The van der Waals surface area contributed by atoms with Crippen LogP contribution in [0.4, 0.5) is 4.39 Å². The Labute approximate surface area is 182 Å². The lowest BCUT2D eigenvalue weighted by Gasteiger charge is -2.32. The van der Waals surface area contributed by atoms with Crippen LogP contribution in [0.5, 0.6) is 0 Å². The number of rotatable bonds is 9. The maximum absolute atomic E-state index is 12.9. The van der Waals surface area contributed by atoms with Crippen molar-refractivity contribution in [1.82, 2.24) is 0 Å². The molecule has 3 rings (SSSR count). The summed E-state index contributed by atoms with van der Waals surface area (Å²) >= 11 is 0. The Morgan fingerprint density at radius 2 is 1.70 bits per heavy atom. The minimum Gasteiger partial charge on any atom is -0.378 e. The van der Waals surface area contributed by atoms with Crippen molar-refractivity contribution in [2.75, 3.05) is 6.61 Å². The molecule has 0 amide bonds. The Hall–Kier alpha value is -1.66. The summed E-state index contributed by atoms with van der Waals surface area (Å²) in [6, 6.07) is 10.9. The first-order valence-electron chi connectivity index (χ1n) is 12.1. The molecule has 0 atom stereocenters. The van der Waals surface area contributed by atoms with Crippen molar-refractivity contribution >= 4 is 0 Å². The Morgan fingerprint density at radius 1 is 1.03 bits per heavy atom. The molecule has 0 spiro atoms. The van der Waals surface area contributed by atoms with E-state index in [1.54, 1.807) is 6.07 Å². The SMILES string of the molecule is CCCc1ccc([C@H]2CC[C@H](CO[C@H]3CC[C@H](CC/C=C(\F)C#N)CC3)CC2)cc1. The second-order valence-electron chi connectivity index (χ2n) is 9.43. The van der Waals surface area contributed by atoms with E-state index in [-0.39, 0.29) is 0 Å². The first-order chi connectivity index (χ1) is 14.7. The average molecular weight is 412 g/mol. The van der Waals surface area contributed by atoms with E-state index in [1.165, 1.54) is 68.6 Å². The largest absolute Gasteiger partial charge is 0.378 e. The molecule has 30 heavy (non-hydrogen) atoms. The summed E-state index contributed by atoms with van der Waals surface area (Å²) in [5, 5.41) is 8.46. The van der Waals surface area contributed by atoms with E-state index in [0.717, 1.165) is 37.7 Å². The highest BCUT2D eigenvalue weighted by atomic mass is 19.1. The monoisotopic (exact) mass is 411 g/mol. The van der Waals surface area contributed by atoms with E-state index in [1.807, 2.05) is 0 Å². The van der Waals surface area contributed by atoms with Crippen LogP contribution in [0.25, 0.3) is 0 Å². The molecule has 0 heterocycles. The third-order valence-electron chi connectivity index (χ3n) is 7.20. The Morgan fingerprint density at radius 3 is 2.33 bits per heavy atom. The van der Waals surface area contributed by atoms with E-state index < -0.39 is 5.83 Å². The molecule has 0 unspecified atom stereocenters. The zero-order chi connectivity index (χ0) is 21.2. The fraction of sp³-hybridized carbons (Fsp3) is 0.667. The zero-order valence-electron chi connectivity index (χ0n) is 18.6. The first kappa shape index (κ1) is 23.0. The summed E-state index contributed by atoms with van der Waals surface area (Å²) in [6.45, 7) is 3.16. The molecule has 0 saturated heterocycles. The minimum atomic E-state index is -0.643. The van der Waals surface area contributed by atoms with E-state index in [2.05, 4.69) is 31.2 Å². The third kappa shape index (κ3) is 7.24. The minimum absolute atomic E-state index is 0.413. The molecule has 0 N–H and O–H groups in total. The molecule has 164 valence electrons. The molecule has 3 heteroatoms. The molecule has 0 aromatic heterocycles. The van der Waals surface area contributed by atoms with Crippen LogP contribution < -0.4 is 0 Å². The molecule has 2 fully saturated rings. The van der Waals surface area contributed by atoms with Gasteiger partial charge in [0.1, 0.15) is 6.07 Å². The highest BCUT2D eigenvalue weighted by Gasteiger charge is 2.25. The number of hydrogen-bond donors (Lipinski definition) is 0. The topological polar surface area (TPSA) is 33.0 Å². The maximum atomic E-state index is 12.9. The number of nitriles is 1. The van der Waals surface area contributed by atoms with Crippen LogP contribution in [-0.2, 0) is 11.2 Å². The van der Waals surface area contributed by atoms with Gasteiger partial charge in [0.25, 0.3) is 0 Å². The summed E-state index contributed by atoms with van der Waals surface area (Å²) in [5.74, 6) is 1.46. The van der Waals surface area contributed by atoms with Crippen molar-refractivity contribution in [1.29, 1.82) is 5.26 Å². The molecule has 0 bridgehead atoms. The molecule has 2 saturated carbocycles. The number of ether oxygens (including phenoxy) is 1. The van der Waals surface area contributed by atoms with Gasteiger partial charge >= 0.3 is 0 Å². The van der Waals surface area contributed by atoms with Gasteiger partial charge in [-0.05, 0) is 106 Å². The number of allylic oxidation sites excluding steroid dienone is 2. The smallest absolute Gasteiger partial charge is 0.196 e. The Balaban J connectivity index is 1.30. The summed E-state index contributed by atoms with van der Waals surface area (Å²) in [6.07, 6.45) is 15.7. The second kappa shape index (κ2) is 12.3. The van der Waals surface area contributed by atoms with Gasteiger partial charge in [-0.1, -0.05) is 37.6 Å². The lowest BCUT2D eigenvalue weighted by atomic mass is 9.78. The summed E-state index contributed by atoms with van der Waals surface area (Å²) in [7, 11) is 0. The van der Waals surface area contributed by atoms with E-state index in [4.69, 9.17) is 10.00 Å². The molecule has 2 aliphatic rings. The molecule has 2 aliphatic carbocycles. The fourth-order valence-electron chi connectivity index (χ4n) is 5.26. The van der Waals surface area contributed by atoms with Gasteiger partial charge in [0.2, 0.25) is 0 Å². The summed E-state index contributed by atoms with van der Waals surface area (Å²) in [4.78, 5) is 0. The molecule has 1 aromatic rings. The molecular weight excluding hydrogens is 373 g/mol. The number of benzene rings is 1. The van der Waals surface area contributed by atoms with Crippen molar-refractivity contribution in [2.24, 2.45) is 11.8 Å². The van der Waals surface area contributed by atoms with Crippen LogP contribution >= 0.6 is 0 Å². The van der Waals surface area contributed by atoms with Crippen LogP contribution in [0.1, 0.15) is 94.6 Å². The average Bonchev–Trinajstić information content (AvgIpc) is 2.79. The van der Waals surface area contributed by atoms with Crippen LogP contribution in [0.2, 0.25) is 0 Å². The van der Waals surface area contributed by atoms with Gasteiger partial charge < -0.3 is 4.74 Å². The Kier molecular flexibility index (Phi) is 9.40. The van der Waals surface area contributed by atoms with Crippen molar-refractivity contribution < 1.29 is 9.13 Å². The number of hydrogen-bond acceptors (Lipinski definition) is 2. The molecule has 2 nitrogen and oxygen atoms in total. The maximum Gasteiger partial charge on any atom is 0.196 e. The molecule has 1 aromatic carbocycles. The van der Waals surface area contributed by atoms with Crippen LogP contribution in [0.15, 0.2) is 36.2 Å². The lowest BCUT2D eigenvalue weighted by molar-refractivity contribution is -0.00824. The quantitative estimate of drug-likeness (QED) is 0.391. The van der Waals surface area contributed by atoms with E-state index >= 15 is 0 Å². The lowest BCUT2D eigenvalue weighted by Crippen LogP contribution is -2.25. The van der Waals surface area contributed by atoms with Crippen molar-refractivity contribution in [3.05, 3.63) is 47.3 Å². The van der Waals surface area contributed by atoms with Crippen LogP contribution in [0.3, 0.4) is 0 Å². The van der Waals surface area contributed by atoms with Crippen molar-refractivity contribution in [2.45, 2.75) is 96.0 Å². The zero-order valence-corrected chi connectivity index (χ0v) is 18.6. The normalized spacial score (nSPS) is 27.6. The van der Waals surface area contributed by atoms with Gasteiger partial charge in [-0.2, -0.15) is 9.65 Å². The Bertz CT molecular complexity index is 689. The van der Waals surface area contributed by atoms with Gasteiger partial charge in [0.15, 0.2) is 5.83 Å². The van der Waals surface area contributed by atoms with E-state index in [9.17, 15) is 4.39 Å². The first-order valence-corrected chi connectivity index (χ1v) is 12.1. The van der Waals surface area contributed by atoms with E-state index in [0.29, 0.717) is 18.4 Å². The van der Waals surface area contributed by atoms with Gasteiger partial charge in [-0.3, -0.25) is 0 Å². The van der Waals surface area contributed by atoms with Crippen LogP contribution in [0, 0.1) is 23.2 Å². The second-order valence-corrected chi connectivity index (χ2v) is 9.43. The van der Waals surface area contributed by atoms with Gasteiger partial charge in [0.05, 0.1) is 6.10 Å². The molecule has 0 aliphatic heterocycles. The standard InChI is InChI=1S/C27H38FNO/c1-2-4-21-7-13-24(14-8-21)25-15-9-23(10-16-25)20-30-27-17-11-22(12-18-27)5-3-6-26(28)19-29/h6-8,13-14,22-23,25,27H,2-5,9-12,15-18,20H2,1H3/b26-6-/t22-,23-,25-,27-. The highest BCUT2D eigenvalue weighted by molar-refractivity contribution is 5.25. The predicted molar refractivity (Wildman–Crippen MR) is 121 cm³/mol. The van der Waals surface area contributed by atoms with Crippen molar-refractivity contribution in [3.8, 4) is 6.07 Å². The molecular formula is C27H38FNO.